The molecule has 2 atom stereocenters. The number of carbonyl (C=O) groups is 1. The average Bonchev–Trinajstić information content (AvgIpc) is 2.46. The standard InChI is InChI=1S/C15H12BrFO2S/c1-10(15(18)11-5-7-12(16)8-6-11)20(19)14-4-2-3-13(17)9-14/h2-10H,1H3. The molecule has 0 saturated carbocycles. The Kier molecular flexibility index (Phi) is 4.83. The predicted octanol–water partition coefficient (Wildman–Crippen LogP) is 3.97. The quantitative estimate of drug-likeness (QED) is 0.778. The second-order valence-corrected chi connectivity index (χ2v) is 6.96. The second-order valence-electron chi connectivity index (χ2n) is 4.27. The third kappa shape index (κ3) is 3.41. The van der Waals surface area contributed by atoms with Gasteiger partial charge in [0, 0.05) is 14.9 Å². The molecule has 0 bridgehead atoms. The van der Waals surface area contributed by atoms with E-state index in [4.69, 9.17) is 0 Å². The van der Waals surface area contributed by atoms with Crippen LogP contribution in [0.5, 0.6) is 0 Å². The largest absolute Gasteiger partial charge is 0.293 e. The molecule has 0 aliphatic heterocycles. The topological polar surface area (TPSA) is 34.1 Å². The van der Waals surface area contributed by atoms with Gasteiger partial charge in [-0.1, -0.05) is 34.1 Å². The smallest absolute Gasteiger partial charge is 0.178 e. The van der Waals surface area contributed by atoms with Crippen LogP contribution in [-0.4, -0.2) is 15.2 Å². The molecule has 0 N–H and O–H groups in total. The molecule has 0 aliphatic carbocycles. The Morgan fingerprint density at radius 1 is 1.20 bits per heavy atom. The molecule has 5 heteroatoms. The van der Waals surface area contributed by atoms with Gasteiger partial charge in [-0.15, -0.1) is 0 Å². The Bertz CT molecular complexity index is 655. The molecule has 0 radical (unpaired) electrons. The molecule has 2 aromatic carbocycles. The molecule has 2 rings (SSSR count). The van der Waals surface area contributed by atoms with Crippen molar-refractivity contribution in [3.63, 3.8) is 0 Å². The van der Waals surface area contributed by atoms with Crippen LogP contribution < -0.4 is 0 Å². The van der Waals surface area contributed by atoms with Crippen molar-refractivity contribution in [1.82, 2.24) is 0 Å². The first-order chi connectivity index (χ1) is 9.49. The van der Waals surface area contributed by atoms with Crippen LogP contribution in [0.15, 0.2) is 57.9 Å². The predicted molar refractivity (Wildman–Crippen MR) is 80.7 cm³/mol. The summed E-state index contributed by atoms with van der Waals surface area (Å²) in [6.45, 7) is 1.59. The molecule has 2 aromatic rings. The Morgan fingerprint density at radius 2 is 1.85 bits per heavy atom. The first kappa shape index (κ1) is 15.1. The summed E-state index contributed by atoms with van der Waals surface area (Å²) in [5.74, 6) is -0.681. The fraction of sp³-hybridized carbons (Fsp3) is 0.133. The van der Waals surface area contributed by atoms with Gasteiger partial charge in [0.2, 0.25) is 0 Å². The maximum atomic E-state index is 13.1. The second kappa shape index (κ2) is 6.41. The molecular formula is C15H12BrFO2S. The lowest BCUT2D eigenvalue weighted by Crippen LogP contribution is -2.22. The van der Waals surface area contributed by atoms with Crippen molar-refractivity contribution < 1.29 is 13.4 Å². The highest BCUT2D eigenvalue weighted by molar-refractivity contribution is 9.10. The van der Waals surface area contributed by atoms with Crippen LogP contribution in [0.25, 0.3) is 0 Å². The number of hydrogen-bond donors (Lipinski definition) is 0. The minimum atomic E-state index is -1.58. The molecule has 2 nitrogen and oxygen atoms in total. The van der Waals surface area contributed by atoms with Crippen molar-refractivity contribution in [3.05, 3.63) is 64.4 Å². The van der Waals surface area contributed by atoms with E-state index in [1.54, 1.807) is 37.3 Å². The summed E-state index contributed by atoms with van der Waals surface area (Å²) in [6.07, 6.45) is 0. The summed E-state index contributed by atoms with van der Waals surface area (Å²) < 4.78 is 26.3. The third-order valence-corrected chi connectivity index (χ3v) is 4.95. The maximum Gasteiger partial charge on any atom is 0.178 e. The molecule has 20 heavy (non-hydrogen) atoms. The van der Waals surface area contributed by atoms with Crippen molar-refractivity contribution >= 4 is 32.5 Å². The maximum absolute atomic E-state index is 13.1. The fourth-order valence-electron chi connectivity index (χ4n) is 1.74. The zero-order chi connectivity index (χ0) is 14.7. The summed E-state index contributed by atoms with van der Waals surface area (Å²) in [5.41, 5.74) is 0.491. The van der Waals surface area contributed by atoms with E-state index in [0.717, 1.165) is 4.47 Å². The Labute approximate surface area is 127 Å². The van der Waals surface area contributed by atoms with Gasteiger partial charge in [0.1, 0.15) is 5.82 Å². The van der Waals surface area contributed by atoms with E-state index in [1.807, 2.05) is 0 Å². The molecule has 2 unspecified atom stereocenters. The number of benzene rings is 2. The van der Waals surface area contributed by atoms with E-state index in [2.05, 4.69) is 15.9 Å². The van der Waals surface area contributed by atoms with Crippen LogP contribution >= 0.6 is 15.9 Å². The molecule has 0 fully saturated rings. The monoisotopic (exact) mass is 354 g/mol. The Hall–Kier alpha value is -1.33. The van der Waals surface area contributed by atoms with Gasteiger partial charge < -0.3 is 0 Å². The zero-order valence-electron chi connectivity index (χ0n) is 10.7. The van der Waals surface area contributed by atoms with Gasteiger partial charge in [-0.25, -0.2) is 4.39 Å². The first-order valence-corrected chi connectivity index (χ1v) is 7.95. The first-order valence-electron chi connectivity index (χ1n) is 5.95. The van der Waals surface area contributed by atoms with Crippen molar-refractivity contribution in [2.24, 2.45) is 0 Å². The van der Waals surface area contributed by atoms with Crippen molar-refractivity contribution in [3.8, 4) is 0 Å². The van der Waals surface area contributed by atoms with Crippen LogP contribution in [0, 0.1) is 5.82 Å². The molecule has 0 aliphatic rings. The lowest BCUT2D eigenvalue weighted by molar-refractivity contribution is 0.0992. The summed E-state index contributed by atoms with van der Waals surface area (Å²) in [7, 11) is -1.58. The molecule has 0 spiro atoms. The summed E-state index contributed by atoms with van der Waals surface area (Å²) in [6, 6.07) is 12.4. The summed E-state index contributed by atoms with van der Waals surface area (Å²) >= 11 is 3.29. The Morgan fingerprint density at radius 3 is 2.45 bits per heavy atom. The number of hydrogen-bond acceptors (Lipinski definition) is 2. The molecule has 0 heterocycles. The van der Waals surface area contributed by atoms with E-state index in [-0.39, 0.29) is 5.78 Å². The normalized spacial score (nSPS) is 13.8. The number of ketones is 1. The number of halogens is 2. The highest BCUT2D eigenvalue weighted by Crippen LogP contribution is 2.18. The average molecular weight is 355 g/mol. The van der Waals surface area contributed by atoms with Crippen LogP contribution in [0.1, 0.15) is 17.3 Å². The highest BCUT2D eigenvalue weighted by atomic mass is 79.9. The SMILES string of the molecule is CC(C(=O)c1ccc(Br)cc1)S(=O)c1cccc(F)c1. The van der Waals surface area contributed by atoms with Crippen LogP contribution in [0.4, 0.5) is 4.39 Å². The molecule has 104 valence electrons. The van der Waals surface area contributed by atoms with E-state index >= 15 is 0 Å². The number of carbonyl (C=O) groups excluding carboxylic acids is 1. The van der Waals surface area contributed by atoms with Gasteiger partial charge in [-0.3, -0.25) is 9.00 Å². The number of Topliss-reactive ketones (excluding diaryl/α,β-unsaturated/α-hetero) is 1. The molecule has 0 amide bonds. The van der Waals surface area contributed by atoms with Crippen LogP contribution in [-0.2, 0) is 10.8 Å². The lowest BCUT2D eigenvalue weighted by atomic mass is 10.1. The van der Waals surface area contributed by atoms with Gasteiger partial charge in [0.05, 0.1) is 16.0 Å². The summed E-state index contributed by atoms with van der Waals surface area (Å²) in [5, 5.41) is -0.724. The van der Waals surface area contributed by atoms with Crippen LogP contribution in [0.2, 0.25) is 0 Å². The van der Waals surface area contributed by atoms with Gasteiger partial charge in [0.15, 0.2) is 5.78 Å². The van der Waals surface area contributed by atoms with Crippen molar-refractivity contribution in [1.29, 1.82) is 0 Å². The summed E-state index contributed by atoms with van der Waals surface area (Å²) in [4.78, 5) is 12.6. The van der Waals surface area contributed by atoms with Gasteiger partial charge in [-0.2, -0.15) is 0 Å². The van der Waals surface area contributed by atoms with Gasteiger partial charge in [-0.05, 0) is 37.3 Å². The zero-order valence-corrected chi connectivity index (χ0v) is 13.1. The fourth-order valence-corrected chi connectivity index (χ4v) is 3.19. The van der Waals surface area contributed by atoms with Crippen LogP contribution in [0.3, 0.4) is 0 Å². The third-order valence-electron chi connectivity index (χ3n) is 2.85. The Balaban J connectivity index is 2.22. The van der Waals surface area contributed by atoms with Crippen molar-refractivity contribution in [2.45, 2.75) is 17.1 Å². The molecule has 0 aromatic heterocycles. The van der Waals surface area contributed by atoms with E-state index in [1.165, 1.54) is 18.2 Å². The van der Waals surface area contributed by atoms with E-state index in [9.17, 15) is 13.4 Å². The van der Waals surface area contributed by atoms with Gasteiger partial charge in [0.25, 0.3) is 0 Å². The molecular weight excluding hydrogens is 343 g/mol. The highest BCUT2D eigenvalue weighted by Gasteiger charge is 2.22. The minimum absolute atomic E-state index is 0.222. The van der Waals surface area contributed by atoms with Gasteiger partial charge >= 0.3 is 0 Å². The van der Waals surface area contributed by atoms with E-state index < -0.39 is 21.9 Å². The molecule has 0 saturated heterocycles. The van der Waals surface area contributed by atoms with E-state index in [0.29, 0.717) is 10.5 Å². The minimum Gasteiger partial charge on any atom is -0.293 e. The van der Waals surface area contributed by atoms with Crippen molar-refractivity contribution in [2.75, 3.05) is 0 Å². The number of rotatable bonds is 4. The lowest BCUT2D eigenvalue weighted by Gasteiger charge is -2.11.